The second kappa shape index (κ2) is 10.5. The summed E-state index contributed by atoms with van der Waals surface area (Å²) in [5.41, 5.74) is 3.91. The van der Waals surface area contributed by atoms with E-state index in [1.54, 1.807) is 37.4 Å². The van der Waals surface area contributed by atoms with Crippen molar-refractivity contribution in [1.82, 2.24) is 5.32 Å². The Kier molecular flexibility index (Phi) is 7.76. The average molecular weight is 467 g/mol. The van der Waals surface area contributed by atoms with Crippen LogP contribution >= 0.6 is 0 Å². The third-order valence-electron chi connectivity index (χ3n) is 5.46. The molecule has 0 aliphatic carbocycles. The molecule has 0 aliphatic heterocycles. The summed E-state index contributed by atoms with van der Waals surface area (Å²) in [4.78, 5) is 12.8. The number of nitrogens with zero attached hydrogens (tertiary/aromatic N) is 1. The standard InChI is InChI=1S/C26H30N2O4S/c1-5-25(21-13-15-24(32-3)16-14-21)27-26(29)22-11-9-20(10-12-22)18-28(33(4,30)31)23-8-6-7-19(2)17-23/h6-17,25H,5,18H2,1-4H3,(H,27,29)/t25-/m0/s1. The van der Waals surface area contributed by atoms with Crippen LogP contribution in [0.3, 0.4) is 0 Å². The summed E-state index contributed by atoms with van der Waals surface area (Å²) in [5, 5.41) is 3.07. The second-order valence-electron chi connectivity index (χ2n) is 8.01. The van der Waals surface area contributed by atoms with Gasteiger partial charge in [0.1, 0.15) is 5.75 Å². The average Bonchev–Trinajstić information content (AvgIpc) is 2.80. The molecule has 0 aliphatic rings. The predicted octanol–water partition coefficient (Wildman–Crippen LogP) is 4.85. The lowest BCUT2D eigenvalue weighted by atomic mass is 10.0. The predicted molar refractivity (Wildman–Crippen MR) is 132 cm³/mol. The van der Waals surface area contributed by atoms with Gasteiger partial charge in [0.15, 0.2) is 0 Å². The highest BCUT2D eigenvalue weighted by Gasteiger charge is 2.19. The Morgan fingerprint density at radius 1 is 1.03 bits per heavy atom. The Balaban J connectivity index is 1.73. The molecule has 0 aromatic heterocycles. The molecule has 1 N–H and O–H groups in total. The number of hydrogen-bond donors (Lipinski definition) is 1. The molecule has 0 heterocycles. The highest BCUT2D eigenvalue weighted by molar-refractivity contribution is 7.92. The number of hydrogen-bond acceptors (Lipinski definition) is 4. The van der Waals surface area contributed by atoms with Crippen molar-refractivity contribution in [3.8, 4) is 5.75 Å². The van der Waals surface area contributed by atoms with Gasteiger partial charge in [-0.05, 0) is 66.4 Å². The highest BCUT2D eigenvalue weighted by Crippen LogP contribution is 2.23. The minimum Gasteiger partial charge on any atom is -0.497 e. The molecule has 3 rings (SSSR count). The molecule has 33 heavy (non-hydrogen) atoms. The van der Waals surface area contributed by atoms with Crippen LogP contribution in [0.5, 0.6) is 5.75 Å². The molecular formula is C26H30N2O4S. The van der Waals surface area contributed by atoms with Gasteiger partial charge in [-0.15, -0.1) is 0 Å². The van der Waals surface area contributed by atoms with Crippen LogP contribution in [-0.4, -0.2) is 27.7 Å². The van der Waals surface area contributed by atoms with Crippen LogP contribution in [0.2, 0.25) is 0 Å². The van der Waals surface area contributed by atoms with E-state index in [-0.39, 0.29) is 18.5 Å². The van der Waals surface area contributed by atoms with Gasteiger partial charge in [-0.1, -0.05) is 43.3 Å². The molecule has 3 aromatic rings. The van der Waals surface area contributed by atoms with Gasteiger partial charge >= 0.3 is 0 Å². The maximum Gasteiger partial charge on any atom is 0.251 e. The van der Waals surface area contributed by atoms with E-state index in [0.29, 0.717) is 11.3 Å². The smallest absolute Gasteiger partial charge is 0.251 e. The molecule has 1 amide bonds. The number of carbonyl (C=O) groups is 1. The molecule has 3 aromatic carbocycles. The fourth-order valence-electron chi connectivity index (χ4n) is 3.61. The van der Waals surface area contributed by atoms with Gasteiger partial charge in [-0.25, -0.2) is 8.42 Å². The monoisotopic (exact) mass is 466 g/mol. The Morgan fingerprint density at radius 3 is 2.24 bits per heavy atom. The number of carbonyl (C=O) groups excluding carboxylic acids is 1. The van der Waals surface area contributed by atoms with Gasteiger partial charge in [0.2, 0.25) is 10.0 Å². The van der Waals surface area contributed by atoms with Crippen LogP contribution in [0.15, 0.2) is 72.8 Å². The summed E-state index contributed by atoms with van der Waals surface area (Å²) in [5.74, 6) is 0.590. The van der Waals surface area contributed by atoms with Crippen LogP contribution in [-0.2, 0) is 16.6 Å². The minimum absolute atomic E-state index is 0.120. The van der Waals surface area contributed by atoms with Gasteiger partial charge in [-0.2, -0.15) is 0 Å². The molecular weight excluding hydrogens is 436 g/mol. The van der Waals surface area contributed by atoms with E-state index in [1.807, 2.05) is 56.3 Å². The van der Waals surface area contributed by atoms with E-state index < -0.39 is 10.0 Å². The first-order chi connectivity index (χ1) is 15.7. The fourth-order valence-corrected chi connectivity index (χ4v) is 4.49. The van der Waals surface area contributed by atoms with Gasteiger partial charge < -0.3 is 10.1 Å². The minimum atomic E-state index is -3.47. The molecule has 7 heteroatoms. The molecule has 1 atom stereocenters. The van der Waals surface area contributed by atoms with E-state index in [9.17, 15) is 13.2 Å². The van der Waals surface area contributed by atoms with Crippen molar-refractivity contribution in [3.05, 3.63) is 95.1 Å². The Hall–Kier alpha value is -3.32. The molecule has 0 unspecified atom stereocenters. The molecule has 0 fully saturated rings. The largest absolute Gasteiger partial charge is 0.497 e. The number of ether oxygens (including phenoxy) is 1. The Labute approximate surface area is 196 Å². The van der Waals surface area contributed by atoms with Crippen LogP contribution in [0, 0.1) is 6.92 Å². The van der Waals surface area contributed by atoms with Crippen molar-refractivity contribution in [3.63, 3.8) is 0 Å². The van der Waals surface area contributed by atoms with Crippen LogP contribution < -0.4 is 14.4 Å². The molecule has 6 nitrogen and oxygen atoms in total. The number of rotatable bonds is 9. The molecule has 174 valence electrons. The maximum atomic E-state index is 12.8. The van der Waals surface area contributed by atoms with Crippen LogP contribution in [0.1, 0.15) is 46.4 Å². The first-order valence-corrected chi connectivity index (χ1v) is 12.6. The third-order valence-corrected chi connectivity index (χ3v) is 6.60. The summed E-state index contributed by atoms with van der Waals surface area (Å²) in [6.45, 7) is 4.13. The van der Waals surface area contributed by atoms with Crippen molar-refractivity contribution in [2.24, 2.45) is 0 Å². The number of anilines is 1. The summed E-state index contributed by atoms with van der Waals surface area (Å²) >= 11 is 0. The van der Waals surface area contributed by atoms with Gasteiger partial charge in [0.05, 0.1) is 31.6 Å². The van der Waals surface area contributed by atoms with Crippen molar-refractivity contribution < 1.29 is 17.9 Å². The van der Waals surface area contributed by atoms with Crippen molar-refractivity contribution in [1.29, 1.82) is 0 Å². The number of methoxy groups -OCH3 is 1. The van der Waals surface area contributed by atoms with E-state index in [1.165, 1.54) is 10.6 Å². The zero-order chi connectivity index (χ0) is 24.0. The van der Waals surface area contributed by atoms with Gasteiger partial charge in [0.25, 0.3) is 5.91 Å². The zero-order valence-electron chi connectivity index (χ0n) is 19.4. The summed E-state index contributed by atoms with van der Waals surface area (Å²) in [7, 11) is -1.85. The van der Waals surface area contributed by atoms with Crippen molar-refractivity contribution in [2.45, 2.75) is 32.9 Å². The molecule has 0 saturated heterocycles. The van der Waals surface area contributed by atoms with E-state index >= 15 is 0 Å². The fraction of sp³-hybridized carbons (Fsp3) is 0.269. The lowest BCUT2D eigenvalue weighted by molar-refractivity contribution is 0.0935. The van der Waals surface area contributed by atoms with Gasteiger partial charge in [-0.3, -0.25) is 9.10 Å². The number of sulfonamides is 1. The van der Waals surface area contributed by atoms with Crippen LogP contribution in [0.4, 0.5) is 5.69 Å². The first kappa shape index (κ1) is 24.3. The molecule has 0 radical (unpaired) electrons. The van der Waals surface area contributed by atoms with Gasteiger partial charge in [0, 0.05) is 5.56 Å². The van der Waals surface area contributed by atoms with Crippen molar-refractivity contribution in [2.75, 3.05) is 17.7 Å². The molecule has 0 bridgehead atoms. The van der Waals surface area contributed by atoms with Crippen LogP contribution in [0.25, 0.3) is 0 Å². The lowest BCUT2D eigenvalue weighted by Gasteiger charge is -2.23. The summed E-state index contributed by atoms with van der Waals surface area (Å²) < 4.78 is 31.4. The van der Waals surface area contributed by atoms with E-state index in [4.69, 9.17) is 4.74 Å². The van der Waals surface area contributed by atoms with E-state index in [0.717, 1.165) is 28.9 Å². The highest BCUT2D eigenvalue weighted by atomic mass is 32.2. The number of benzene rings is 3. The zero-order valence-corrected chi connectivity index (χ0v) is 20.2. The normalized spacial score (nSPS) is 12.1. The lowest BCUT2D eigenvalue weighted by Crippen LogP contribution is -2.29. The number of aryl methyl sites for hydroxylation is 1. The topological polar surface area (TPSA) is 75.7 Å². The molecule has 0 saturated carbocycles. The molecule has 0 spiro atoms. The third kappa shape index (κ3) is 6.35. The number of amides is 1. The summed E-state index contributed by atoms with van der Waals surface area (Å²) in [6.07, 6.45) is 1.94. The number of nitrogens with one attached hydrogen (secondary N) is 1. The second-order valence-corrected chi connectivity index (χ2v) is 9.92. The summed E-state index contributed by atoms with van der Waals surface area (Å²) in [6, 6.07) is 21.9. The van der Waals surface area contributed by atoms with E-state index in [2.05, 4.69) is 5.32 Å². The quantitative estimate of drug-likeness (QED) is 0.489. The maximum absolute atomic E-state index is 12.8. The Morgan fingerprint density at radius 2 is 1.70 bits per heavy atom. The SMILES string of the molecule is CC[C@H](NC(=O)c1ccc(CN(c2cccc(C)c2)S(C)(=O)=O)cc1)c1ccc(OC)cc1. The first-order valence-electron chi connectivity index (χ1n) is 10.8. The Bertz CT molecular complexity index is 1190. The van der Waals surface area contributed by atoms with Crippen molar-refractivity contribution >= 4 is 21.6 Å².